The second-order valence-corrected chi connectivity index (χ2v) is 7.25. The lowest BCUT2D eigenvalue weighted by Crippen LogP contribution is -2.31. The molecule has 1 aliphatic heterocycles. The quantitative estimate of drug-likeness (QED) is 0.480. The Morgan fingerprint density at radius 2 is 1.83 bits per heavy atom. The van der Waals surface area contributed by atoms with Crippen molar-refractivity contribution in [3.05, 3.63) is 58.1 Å². The molecule has 0 bridgehead atoms. The maximum absolute atomic E-state index is 12.8. The lowest BCUT2D eigenvalue weighted by Gasteiger charge is -2.13. The van der Waals surface area contributed by atoms with E-state index >= 15 is 0 Å². The van der Waals surface area contributed by atoms with Crippen molar-refractivity contribution in [3.8, 4) is 5.75 Å². The normalized spacial score (nSPS) is 12.8. The maximum Gasteiger partial charge on any atom is 0.261 e. The Bertz CT molecular complexity index is 976. The molecule has 0 unspecified atom stereocenters. The molecule has 0 atom stereocenters. The molecule has 2 aromatic rings. The molecule has 1 heterocycles. The standard InChI is InChI=1S/C22H23ClN2O5/c1-3-10-30-19-8-6-15(23)13-18(19)24-20(26)14-5-7-16-17(12-14)22(28)25(21(16)27)9-4-11-29-2/h5-8,12-13H,3-4,9-11H2,1-2H3,(H,24,26). The topological polar surface area (TPSA) is 84.9 Å². The predicted octanol–water partition coefficient (Wildman–Crippen LogP) is 4.01. The van der Waals surface area contributed by atoms with Crippen LogP contribution in [0.5, 0.6) is 5.75 Å². The summed E-state index contributed by atoms with van der Waals surface area (Å²) in [6, 6.07) is 9.45. The number of rotatable bonds is 9. The van der Waals surface area contributed by atoms with Crippen LogP contribution in [0.25, 0.3) is 0 Å². The smallest absolute Gasteiger partial charge is 0.261 e. The van der Waals surface area contributed by atoms with Crippen molar-refractivity contribution < 1.29 is 23.9 Å². The van der Waals surface area contributed by atoms with E-state index in [0.29, 0.717) is 41.7 Å². The van der Waals surface area contributed by atoms with E-state index in [0.717, 1.165) is 6.42 Å². The number of fused-ring (bicyclic) bond motifs is 1. The zero-order chi connectivity index (χ0) is 21.7. The number of amides is 3. The van der Waals surface area contributed by atoms with Crippen molar-refractivity contribution >= 4 is 35.0 Å². The van der Waals surface area contributed by atoms with Crippen LogP contribution in [-0.2, 0) is 4.74 Å². The molecule has 0 saturated heterocycles. The van der Waals surface area contributed by atoms with E-state index in [1.165, 1.54) is 23.1 Å². The zero-order valence-electron chi connectivity index (χ0n) is 16.9. The fourth-order valence-electron chi connectivity index (χ4n) is 3.13. The Hall–Kier alpha value is -2.90. The van der Waals surface area contributed by atoms with E-state index < -0.39 is 11.8 Å². The highest BCUT2D eigenvalue weighted by Crippen LogP contribution is 2.29. The van der Waals surface area contributed by atoms with Crippen LogP contribution in [0, 0.1) is 0 Å². The Labute approximate surface area is 179 Å². The van der Waals surface area contributed by atoms with Gasteiger partial charge in [-0.3, -0.25) is 19.3 Å². The van der Waals surface area contributed by atoms with E-state index in [1.54, 1.807) is 25.3 Å². The summed E-state index contributed by atoms with van der Waals surface area (Å²) in [6.45, 7) is 3.19. The summed E-state index contributed by atoms with van der Waals surface area (Å²) in [5, 5.41) is 3.23. The van der Waals surface area contributed by atoms with Crippen LogP contribution in [0.2, 0.25) is 5.02 Å². The Balaban J connectivity index is 1.80. The highest BCUT2D eigenvalue weighted by Gasteiger charge is 2.35. The Kier molecular flexibility index (Phi) is 7.07. The molecule has 0 spiro atoms. The van der Waals surface area contributed by atoms with Crippen LogP contribution < -0.4 is 10.1 Å². The minimum atomic E-state index is -0.431. The van der Waals surface area contributed by atoms with Gasteiger partial charge in [0, 0.05) is 30.8 Å². The molecule has 3 amide bonds. The van der Waals surface area contributed by atoms with E-state index in [2.05, 4.69) is 5.32 Å². The molecule has 3 rings (SSSR count). The Morgan fingerprint density at radius 3 is 2.57 bits per heavy atom. The average molecular weight is 431 g/mol. The molecule has 1 aliphatic rings. The summed E-state index contributed by atoms with van der Waals surface area (Å²) in [5.41, 5.74) is 1.21. The molecule has 0 fully saturated rings. The molecule has 2 aromatic carbocycles. The molecule has 7 nitrogen and oxygen atoms in total. The number of hydrogen-bond donors (Lipinski definition) is 1. The van der Waals surface area contributed by atoms with Gasteiger partial charge in [0.15, 0.2) is 0 Å². The fraction of sp³-hybridized carbons (Fsp3) is 0.318. The molecule has 0 aliphatic carbocycles. The van der Waals surface area contributed by atoms with Crippen LogP contribution in [0.1, 0.15) is 50.8 Å². The van der Waals surface area contributed by atoms with Gasteiger partial charge in [-0.05, 0) is 49.2 Å². The number of imide groups is 1. The number of benzene rings is 2. The van der Waals surface area contributed by atoms with Gasteiger partial charge in [-0.15, -0.1) is 0 Å². The molecular formula is C22H23ClN2O5. The van der Waals surface area contributed by atoms with Gasteiger partial charge >= 0.3 is 0 Å². The monoisotopic (exact) mass is 430 g/mol. The van der Waals surface area contributed by atoms with Crippen molar-refractivity contribution in [1.29, 1.82) is 0 Å². The van der Waals surface area contributed by atoms with Gasteiger partial charge in [-0.25, -0.2) is 0 Å². The molecule has 0 saturated carbocycles. The molecule has 1 N–H and O–H groups in total. The number of anilines is 1. The number of carbonyl (C=O) groups is 3. The van der Waals surface area contributed by atoms with Crippen molar-refractivity contribution in [2.75, 3.05) is 32.2 Å². The molecule has 0 aromatic heterocycles. The third-order valence-corrected chi connectivity index (χ3v) is 4.85. The zero-order valence-corrected chi connectivity index (χ0v) is 17.6. The average Bonchev–Trinajstić information content (AvgIpc) is 2.97. The third-order valence-electron chi connectivity index (χ3n) is 4.61. The van der Waals surface area contributed by atoms with Gasteiger partial charge < -0.3 is 14.8 Å². The van der Waals surface area contributed by atoms with Crippen molar-refractivity contribution in [1.82, 2.24) is 4.90 Å². The number of nitrogens with one attached hydrogen (secondary N) is 1. The van der Waals surface area contributed by atoms with Gasteiger partial charge in [0.25, 0.3) is 17.7 Å². The summed E-state index contributed by atoms with van der Waals surface area (Å²) in [7, 11) is 1.56. The summed E-state index contributed by atoms with van der Waals surface area (Å²) < 4.78 is 10.6. The first-order chi connectivity index (χ1) is 14.5. The summed E-state index contributed by atoms with van der Waals surface area (Å²) in [5.74, 6) is -0.690. The van der Waals surface area contributed by atoms with Crippen LogP contribution in [0.15, 0.2) is 36.4 Å². The second kappa shape index (κ2) is 9.73. The Morgan fingerprint density at radius 1 is 1.07 bits per heavy atom. The largest absolute Gasteiger partial charge is 0.491 e. The van der Waals surface area contributed by atoms with Gasteiger partial charge in [0.2, 0.25) is 0 Å². The lowest BCUT2D eigenvalue weighted by molar-refractivity contribution is 0.0638. The van der Waals surface area contributed by atoms with E-state index in [9.17, 15) is 14.4 Å². The van der Waals surface area contributed by atoms with Gasteiger partial charge in [0.05, 0.1) is 23.4 Å². The van der Waals surface area contributed by atoms with E-state index in [4.69, 9.17) is 21.1 Å². The molecule has 30 heavy (non-hydrogen) atoms. The second-order valence-electron chi connectivity index (χ2n) is 6.81. The highest BCUT2D eigenvalue weighted by atomic mass is 35.5. The van der Waals surface area contributed by atoms with Gasteiger partial charge in [0.1, 0.15) is 5.75 Å². The number of carbonyl (C=O) groups excluding carboxylic acids is 3. The lowest BCUT2D eigenvalue weighted by atomic mass is 10.1. The summed E-state index contributed by atoms with van der Waals surface area (Å²) in [4.78, 5) is 39.1. The molecule has 158 valence electrons. The van der Waals surface area contributed by atoms with Crippen LogP contribution >= 0.6 is 11.6 Å². The number of ether oxygens (including phenoxy) is 2. The van der Waals surface area contributed by atoms with Crippen LogP contribution in [-0.4, -0.2) is 49.5 Å². The number of halogens is 1. The maximum atomic E-state index is 12.8. The molecule has 8 heteroatoms. The van der Waals surface area contributed by atoms with Gasteiger partial charge in [-0.2, -0.15) is 0 Å². The first-order valence-corrected chi connectivity index (χ1v) is 10.1. The van der Waals surface area contributed by atoms with E-state index in [1.807, 2.05) is 6.92 Å². The first kappa shape index (κ1) is 21.8. The minimum absolute atomic E-state index is 0.221. The number of nitrogens with zero attached hydrogens (tertiary/aromatic N) is 1. The SMILES string of the molecule is CCCOc1ccc(Cl)cc1NC(=O)c1ccc2c(c1)C(=O)N(CCCOC)C2=O. The fourth-order valence-corrected chi connectivity index (χ4v) is 3.31. The van der Waals surface area contributed by atoms with Crippen LogP contribution in [0.4, 0.5) is 5.69 Å². The van der Waals surface area contributed by atoms with E-state index in [-0.39, 0.29) is 23.6 Å². The van der Waals surface area contributed by atoms with Gasteiger partial charge in [-0.1, -0.05) is 18.5 Å². The number of hydrogen-bond acceptors (Lipinski definition) is 5. The van der Waals surface area contributed by atoms with Crippen LogP contribution in [0.3, 0.4) is 0 Å². The first-order valence-electron chi connectivity index (χ1n) is 9.69. The van der Waals surface area contributed by atoms with Crippen molar-refractivity contribution in [2.45, 2.75) is 19.8 Å². The summed E-state index contributed by atoms with van der Waals surface area (Å²) >= 11 is 6.06. The molecular weight excluding hydrogens is 408 g/mol. The third kappa shape index (κ3) is 4.63. The predicted molar refractivity (Wildman–Crippen MR) is 113 cm³/mol. The minimum Gasteiger partial charge on any atom is -0.491 e. The number of methoxy groups -OCH3 is 1. The van der Waals surface area contributed by atoms with Crippen molar-refractivity contribution in [3.63, 3.8) is 0 Å². The molecule has 0 radical (unpaired) electrons. The van der Waals surface area contributed by atoms with Crippen molar-refractivity contribution in [2.24, 2.45) is 0 Å². The highest BCUT2D eigenvalue weighted by molar-refractivity contribution is 6.31. The summed E-state index contributed by atoms with van der Waals surface area (Å²) in [6.07, 6.45) is 1.36.